The fraction of sp³-hybridized carbons (Fsp3) is 0.375. The van der Waals surface area contributed by atoms with Gasteiger partial charge in [0.2, 0.25) is 11.9 Å². The molecule has 2 atom stereocenters. The van der Waals surface area contributed by atoms with Gasteiger partial charge in [-0.25, -0.2) is 4.99 Å². The lowest BCUT2D eigenvalue weighted by molar-refractivity contribution is -0.384. The van der Waals surface area contributed by atoms with Gasteiger partial charge in [-0.1, -0.05) is 42.5 Å². The molecule has 10 nitrogen and oxygen atoms in total. The van der Waals surface area contributed by atoms with Gasteiger partial charge in [0, 0.05) is 44.9 Å². The molecule has 2 aliphatic heterocycles. The maximum Gasteiger partial charge on any atom is 0.321 e. The highest BCUT2D eigenvalue weighted by atomic mass is 16.6. The van der Waals surface area contributed by atoms with E-state index >= 15 is 0 Å². The number of hydrogen-bond acceptors (Lipinski definition) is 8. The lowest BCUT2D eigenvalue weighted by Gasteiger charge is -2.39. The van der Waals surface area contributed by atoms with Crippen molar-refractivity contribution in [3.05, 3.63) is 75.8 Å². The molecule has 0 bridgehead atoms. The van der Waals surface area contributed by atoms with Crippen LogP contribution in [0.1, 0.15) is 24.1 Å². The summed E-state index contributed by atoms with van der Waals surface area (Å²) in [6.07, 6.45) is 0. The van der Waals surface area contributed by atoms with Crippen molar-refractivity contribution in [1.82, 2.24) is 15.1 Å². The highest BCUT2D eigenvalue weighted by Gasteiger charge is 2.42. The summed E-state index contributed by atoms with van der Waals surface area (Å²) in [6, 6.07) is 15.2. The monoisotopic (exact) mass is 465 g/mol. The second kappa shape index (κ2) is 10.4. The zero-order valence-electron chi connectivity index (χ0n) is 18.9. The molecule has 1 saturated heterocycles. The van der Waals surface area contributed by atoms with Crippen molar-refractivity contribution in [2.45, 2.75) is 19.5 Å². The molecule has 1 N–H and O–H groups in total. The smallest absolute Gasteiger partial charge is 0.321 e. The molecule has 2 aliphatic rings. The van der Waals surface area contributed by atoms with E-state index in [1.165, 1.54) is 29.8 Å². The van der Waals surface area contributed by atoms with Crippen molar-refractivity contribution in [2.24, 2.45) is 10.9 Å². The summed E-state index contributed by atoms with van der Waals surface area (Å²) in [5, 5.41) is 13.8. The average molecular weight is 466 g/mol. The molecule has 34 heavy (non-hydrogen) atoms. The van der Waals surface area contributed by atoms with Gasteiger partial charge in [-0.3, -0.25) is 29.9 Å². The topological polar surface area (TPSA) is 117 Å². The number of carbonyl (C=O) groups is 2. The predicted molar refractivity (Wildman–Crippen MR) is 125 cm³/mol. The molecule has 0 spiro atoms. The van der Waals surface area contributed by atoms with Crippen LogP contribution in [0.25, 0.3) is 0 Å². The Hall–Kier alpha value is -3.79. The highest BCUT2D eigenvalue weighted by Crippen LogP contribution is 2.32. The third-order valence-corrected chi connectivity index (χ3v) is 6.00. The van der Waals surface area contributed by atoms with Gasteiger partial charge in [-0.05, 0) is 18.1 Å². The number of nitro benzene ring substituents is 1. The Kier molecular flexibility index (Phi) is 7.17. The van der Waals surface area contributed by atoms with Crippen molar-refractivity contribution in [2.75, 3.05) is 32.8 Å². The molecular formula is C24H27N5O5. The Morgan fingerprint density at radius 1 is 1.12 bits per heavy atom. The average Bonchev–Trinajstić information content (AvgIpc) is 2.85. The van der Waals surface area contributed by atoms with Crippen molar-refractivity contribution in [3.63, 3.8) is 0 Å². The Bertz CT molecular complexity index is 1060. The number of nitrogens with zero attached hydrogens (tertiary/aromatic N) is 4. The summed E-state index contributed by atoms with van der Waals surface area (Å²) in [4.78, 5) is 45.2. The highest BCUT2D eigenvalue weighted by molar-refractivity contribution is 6.08. The lowest BCUT2D eigenvalue weighted by atomic mass is 9.91. The van der Waals surface area contributed by atoms with Crippen LogP contribution in [0.3, 0.4) is 0 Å². The second-order valence-electron chi connectivity index (χ2n) is 8.21. The number of ether oxygens (including phenoxy) is 1. The zero-order chi connectivity index (χ0) is 24.1. The summed E-state index contributed by atoms with van der Waals surface area (Å²) in [6.45, 7) is 5.59. The first-order chi connectivity index (χ1) is 16.5. The summed E-state index contributed by atoms with van der Waals surface area (Å²) in [7, 11) is 0. The van der Waals surface area contributed by atoms with Crippen LogP contribution in [0.15, 0.2) is 59.6 Å². The minimum absolute atomic E-state index is 0.0737. The second-order valence-corrected chi connectivity index (χ2v) is 8.21. The summed E-state index contributed by atoms with van der Waals surface area (Å²) in [5.74, 6) is -1.91. The molecule has 2 aromatic rings. The van der Waals surface area contributed by atoms with E-state index in [-0.39, 0.29) is 12.3 Å². The standard InChI is InChI=1S/C24H27N5O5/c1-2-34-23(31)20-21(18-8-10-19(11-9-18)29(32)33)25-24(26-22(20)30)28-14-12-27(13-15-28)16-17-6-4-3-5-7-17/h3-11,20-21H,2,12-16H2,1H3,(H,25,26,30)/t20-,21+/m0/s1. The van der Waals surface area contributed by atoms with Crippen LogP contribution in [-0.4, -0.2) is 65.3 Å². The fourth-order valence-corrected chi connectivity index (χ4v) is 4.22. The van der Waals surface area contributed by atoms with E-state index in [1.54, 1.807) is 6.92 Å². The molecule has 0 unspecified atom stereocenters. The van der Waals surface area contributed by atoms with E-state index in [0.29, 0.717) is 24.6 Å². The van der Waals surface area contributed by atoms with E-state index < -0.39 is 28.8 Å². The van der Waals surface area contributed by atoms with Crippen LogP contribution >= 0.6 is 0 Å². The number of carbonyl (C=O) groups excluding carboxylic acids is 2. The minimum atomic E-state index is -1.16. The molecule has 0 radical (unpaired) electrons. The van der Waals surface area contributed by atoms with E-state index in [1.807, 2.05) is 23.1 Å². The first-order valence-corrected chi connectivity index (χ1v) is 11.3. The molecule has 178 valence electrons. The number of hydrogen-bond donors (Lipinski definition) is 1. The number of guanidine groups is 1. The first kappa shape index (κ1) is 23.4. The van der Waals surface area contributed by atoms with Crippen LogP contribution in [0.4, 0.5) is 5.69 Å². The van der Waals surface area contributed by atoms with Gasteiger partial charge in [0.1, 0.15) is 6.04 Å². The molecular weight excluding hydrogens is 438 g/mol. The van der Waals surface area contributed by atoms with Crippen molar-refractivity contribution >= 4 is 23.5 Å². The Labute approximate surface area is 197 Å². The summed E-state index contributed by atoms with van der Waals surface area (Å²) >= 11 is 0. The molecule has 2 heterocycles. The largest absolute Gasteiger partial charge is 0.465 e. The fourth-order valence-electron chi connectivity index (χ4n) is 4.22. The van der Waals surface area contributed by atoms with Crippen molar-refractivity contribution in [3.8, 4) is 0 Å². The van der Waals surface area contributed by atoms with E-state index in [2.05, 4.69) is 22.3 Å². The summed E-state index contributed by atoms with van der Waals surface area (Å²) in [5.41, 5.74) is 1.71. The minimum Gasteiger partial charge on any atom is -0.465 e. The molecule has 10 heteroatoms. The van der Waals surface area contributed by atoms with Crippen molar-refractivity contribution in [1.29, 1.82) is 0 Å². The molecule has 2 aromatic carbocycles. The number of piperazine rings is 1. The first-order valence-electron chi connectivity index (χ1n) is 11.3. The number of nitro groups is 1. The van der Waals surface area contributed by atoms with Crippen molar-refractivity contribution < 1.29 is 19.2 Å². The van der Waals surface area contributed by atoms with E-state index in [9.17, 15) is 19.7 Å². The Morgan fingerprint density at radius 2 is 1.79 bits per heavy atom. The molecule has 1 amide bonds. The number of benzene rings is 2. The van der Waals surface area contributed by atoms with Gasteiger partial charge in [0.05, 0.1) is 11.5 Å². The predicted octanol–water partition coefficient (Wildman–Crippen LogP) is 2.12. The Balaban J connectivity index is 1.53. The third-order valence-electron chi connectivity index (χ3n) is 6.00. The zero-order valence-corrected chi connectivity index (χ0v) is 18.9. The normalized spacial score (nSPS) is 20.9. The summed E-state index contributed by atoms with van der Waals surface area (Å²) < 4.78 is 5.12. The number of nitrogens with one attached hydrogen (secondary N) is 1. The third kappa shape index (κ3) is 5.23. The molecule has 4 rings (SSSR count). The molecule has 0 aromatic heterocycles. The van der Waals surface area contributed by atoms with Crippen LogP contribution in [0.5, 0.6) is 0 Å². The van der Waals surface area contributed by atoms with E-state index in [4.69, 9.17) is 9.73 Å². The van der Waals surface area contributed by atoms with Crippen LogP contribution < -0.4 is 5.32 Å². The van der Waals surface area contributed by atoms with Gasteiger partial charge >= 0.3 is 5.97 Å². The maximum atomic E-state index is 13.0. The van der Waals surface area contributed by atoms with Crippen LogP contribution in [0.2, 0.25) is 0 Å². The number of esters is 1. The van der Waals surface area contributed by atoms with Crippen LogP contribution in [-0.2, 0) is 20.9 Å². The van der Waals surface area contributed by atoms with Gasteiger partial charge in [0.25, 0.3) is 5.69 Å². The quantitative estimate of drug-likeness (QED) is 0.301. The molecule has 0 aliphatic carbocycles. The lowest BCUT2D eigenvalue weighted by Crippen LogP contribution is -2.57. The number of amides is 1. The maximum absolute atomic E-state index is 13.0. The van der Waals surface area contributed by atoms with Gasteiger partial charge < -0.3 is 9.64 Å². The SMILES string of the molecule is CCOC(=O)[C@@H]1C(=O)NC(N2CCN(Cc3ccccc3)CC2)=N[C@@H]1c1ccc([N+](=O)[O-])cc1. The number of aliphatic imine (C=N–C) groups is 1. The Morgan fingerprint density at radius 3 is 2.41 bits per heavy atom. The molecule has 0 saturated carbocycles. The van der Waals surface area contributed by atoms with Crippen LogP contribution in [0, 0.1) is 16.0 Å². The van der Waals surface area contributed by atoms with Gasteiger partial charge in [0.15, 0.2) is 5.92 Å². The van der Waals surface area contributed by atoms with Gasteiger partial charge in [-0.2, -0.15) is 0 Å². The van der Waals surface area contributed by atoms with E-state index in [0.717, 1.165) is 19.6 Å². The number of non-ortho nitro benzene ring substituents is 1. The van der Waals surface area contributed by atoms with Gasteiger partial charge in [-0.15, -0.1) is 0 Å². The molecule has 1 fully saturated rings. The number of rotatable bonds is 6.